The number of carbonyl (C=O) groups is 1. The van der Waals surface area contributed by atoms with Crippen LogP contribution in [0, 0.1) is 0 Å². The zero-order chi connectivity index (χ0) is 8.91. The monoisotopic (exact) mass is 160 g/mol. The van der Waals surface area contributed by atoms with Crippen molar-refractivity contribution >= 4 is 5.91 Å². The molecule has 4 heteroatoms. The molecule has 0 aromatic carbocycles. The van der Waals surface area contributed by atoms with Crippen molar-refractivity contribution < 1.29 is 9.53 Å². The average molecular weight is 160 g/mol. The molecule has 11 heavy (non-hydrogen) atoms. The predicted octanol–water partition coefficient (Wildman–Crippen LogP) is 0.0521. The lowest BCUT2D eigenvalue weighted by atomic mass is 10.1. The van der Waals surface area contributed by atoms with Gasteiger partial charge >= 0.3 is 0 Å². The van der Waals surface area contributed by atoms with Crippen LogP contribution >= 0.6 is 0 Å². The summed E-state index contributed by atoms with van der Waals surface area (Å²) in [6, 6.07) is 0. The van der Waals surface area contributed by atoms with E-state index < -0.39 is 0 Å². The van der Waals surface area contributed by atoms with Crippen LogP contribution in [0.15, 0.2) is 0 Å². The van der Waals surface area contributed by atoms with Gasteiger partial charge in [-0.25, -0.2) is 5.43 Å². The van der Waals surface area contributed by atoms with Crippen LogP contribution in [-0.4, -0.2) is 25.2 Å². The molecule has 0 aromatic heterocycles. The lowest BCUT2D eigenvalue weighted by molar-refractivity contribution is -0.126. The summed E-state index contributed by atoms with van der Waals surface area (Å²) in [6.45, 7) is 5.96. The Kier molecular flexibility index (Phi) is 4.07. The molecule has 0 saturated heterocycles. The molecular weight excluding hydrogens is 144 g/mol. The topological polar surface area (TPSA) is 50.4 Å². The molecule has 0 fully saturated rings. The van der Waals surface area contributed by atoms with Crippen LogP contribution in [0.1, 0.15) is 20.8 Å². The smallest absolute Gasteiger partial charge is 0.260 e. The largest absolute Gasteiger partial charge is 0.375 e. The molecule has 0 aliphatic carbocycles. The van der Waals surface area contributed by atoms with Crippen molar-refractivity contribution in [1.82, 2.24) is 10.9 Å². The van der Waals surface area contributed by atoms with E-state index in [9.17, 15) is 4.79 Å². The lowest BCUT2D eigenvalue weighted by Crippen LogP contribution is -2.49. The SMILES string of the molecule is COCC(=O)NNC(C)(C)C. The van der Waals surface area contributed by atoms with Crippen molar-refractivity contribution in [3.63, 3.8) is 0 Å². The van der Waals surface area contributed by atoms with Gasteiger partial charge in [-0.3, -0.25) is 10.2 Å². The number of ether oxygens (including phenoxy) is 1. The summed E-state index contributed by atoms with van der Waals surface area (Å²) in [5.41, 5.74) is 5.23. The van der Waals surface area contributed by atoms with Gasteiger partial charge in [0.05, 0.1) is 0 Å². The van der Waals surface area contributed by atoms with Crippen LogP contribution in [0.2, 0.25) is 0 Å². The summed E-state index contributed by atoms with van der Waals surface area (Å²) < 4.78 is 4.62. The minimum atomic E-state index is -0.164. The van der Waals surface area contributed by atoms with Gasteiger partial charge in [0.15, 0.2) is 0 Å². The summed E-state index contributed by atoms with van der Waals surface area (Å²) in [7, 11) is 1.48. The summed E-state index contributed by atoms with van der Waals surface area (Å²) in [6.07, 6.45) is 0. The Morgan fingerprint density at radius 2 is 2.00 bits per heavy atom. The summed E-state index contributed by atoms with van der Waals surface area (Å²) >= 11 is 0. The van der Waals surface area contributed by atoms with Crippen molar-refractivity contribution in [1.29, 1.82) is 0 Å². The average Bonchev–Trinajstić information content (AvgIpc) is 1.83. The Labute approximate surface area is 67.3 Å². The number of carbonyl (C=O) groups excluding carboxylic acids is 1. The van der Waals surface area contributed by atoms with Crippen molar-refractivity contribution in [3.05, 3.63) is 0 Å². The first-order valence-electron chi connectivity index (χ1n) is 3.50. The van der Waals surface area contributed by atoms with Gasteiger partial charge in [-0.05, 0) is 20.8 Å². The second-order valence-corrected chi connectivity index (χ2v) is 3.36. The van der Waals surface area contributed by atoms with E-state index in [0.29, 0.717) is 0 Å². The third-order valence-corrected chi connectivity index (χ3v) is 0.852. The number of amides is 1. The number of nitrogens with one attached hydrogen (secondary N) is 2. The van der Waals surface area contributed by atoms with Gasteiger partial charge in [0, 0.05) is 12.6 Å². The second-order valence-electron chi connectivity index (χ2n) is 3.36. The third kappa shape index (κ3) is 7.29. The standard InChI is InChI=1S/C7H16N2O2/c1-7(2,3)9-8-6(10)5-11-4/h9H,5H2,1-4H3,(H,8,10). The van der Waals surface area contributed by atoms with Crippen LogP contribution in [0.4, 0.5) is 0 Å². The van der Waals surface area contributed by atoms with Crippen LogP contribution in [0.5, 0.6) is 0 Å². The molecule has 0 aromatic rings. The van der Waals surface area contributed by atoms with Gasteiger partial charge in [-0.2, -0.15) is 0 Å². The molecule has 66 valence electrons. The number of hydrazine groups is 1. The Morgan fingerprint density at radius 3 is 2.36 bits per heavy atom. The van der Waals surface area contributed by atoms with Gasteiger partial charge in [-0.1, -0.05) is 0 Å². The van der Waals surface area contributed by atoms with E-state index in [0.717, 1.165) is 0 Å². The van der Waals surface area contributed by atoms with Gasteiger partial charge in [0.1, 0.15) is 6.61 Å². The maximum absolute atomic E-state index is 10.8. The molecule has 0 spiro atoms. The summed E-state index contributed by atoms with van der Waals surface area (Å²) in [5, 5.41) is 0. The molecule has 0 heterocycles. The van der Waals surface area contributed by atoms with Gasteiger partial charge < -0.3 is 4.74 Å². The summed E-state index contributed by atoms with van der Waals surface area (Å²) in [5.74, 6) is -0.164. The molecule has 0 aliphatic heterocycles. The van der Waals surface area contributed by atoms with Crippen LogP contribution in [0.3, 0.4) is 0 Å². The maximum atomic E-state index is 10.8. The molecule has 1 amide bonds. The Hall–Kier alpha value is -0.610. The fourth-order valence-electron chi connectivity index (χ4n) is 0.424. The first-order valence-corrected chi connectivity index (χ1v) is 3.50. The van der Waals surface area contributed by atoms with E-state index in [1.54, 1.807) is 0 Å². The molecule has 4 nitrogen and oxygen atoms in total. The number of methoxy groups -OCH3 is 1. The van der Waals surface area contributed by atoms with Gasteiger partial charge in [-0.15, -0.1) is 0 Å². The fourth-order valence-corrected chi connectivity index (χ4v) is 0.424. The van der Waals surface area contributed by atoms with E-state index in [2.05, 4.69) is 15.6 Å². The zero-order valence-electron chi connectivity index (χ0n) is 7.52. The molecule has 0 rings (SSSR count). The van der Waals surface area contributed by atoms with Crippen molar-refractivity contribution in [2.24, 2.45) is 0 Å². The minimum Gasteiger partial charge on any atom is -0.375 e. The van der Waals surface area contributed by atoms with E-state index in [1.807, 2.05) is 20.8 Å². The molecule has 0 bridgehead atoms. The molecule has 0 atom stereocenters. The number of rotatable bonds is 3. The van der Waals surface area contributed by atoms with E-state index in [-0.39, 0.29) is 18.1 Å². The molecule has 0 radical (unpaired) electrons. The normalized spacial score (nSPS) is 11.3. The van der Waals surface area contributed by atoms with E-state index >= 15 is 0 Å². The van der Waals surface area contributed by atoms with Gasteiger partial charge in [0.25, 0.3) is 5.91 Å². The second kappa shape index (κ2) is 4.31. The maximum Gasteiger partial charge on any atom is 0.260 e. The van der Waals surface area contributed by atoms with Gasteiger partial charge in [0.2, 0.25) is 0 Å². The predicted molar refractivity (Wildman–Crippen MR) is 42.9 cm³/mol. The minimum absolute atomic E-state index is 0.0864. The van der Waals surface area contributed by atoms with Crippen molar-refractivity contribution in [3.8, 4) is 0 Å². The first-order chi connectivity index (χ1) is 4.95. The highest BCUT2D eigenvalue weighted by Gasteiger charge is 2.09. The van der Waals surface area contributed by atoms with Crippen LogP contribution < -0.4 is 10.9 Å². The molecule has 0 unspecified atom stereocenters. The highest BCUT2D eigenvalue weighted by atomic mass is 16.5. The molecular formula is C7H16N2O2. The highest BCUT2D eigenvalue weighted by molar-refractivity contribution is 5.76. The summed E-state index contributed by atoms with van der Waals surface area (Å²) in [4.78, 5) is 10.8. The molecule has 0 saturated carbocycles. The van der Waals surface area contributed by atoms with Crippen LogP contribution in [0.25, 0.3) is 0 Å². The van der Waals surface area contributed by atoms with Crippen molar-refractivity contribution in [2.75, 3.05) is 13.7 Å². The molecule has 2 N–H and O–H groups in total. The quantitative estimate of drug-likeness (QED) is 0.574. The zero-order valence-corrected chi connectivity index (χ0v) is 7.52. The Bertz CT molecular complexity index is 129. The Balaban J connectivity index is 3.46. The lowest BCUT2D eigenvalue weighted by Gasteiger charge is -2.20. The van der Waals surface area contributed by atoms with E-state index in [4.69, 9.17) is 0 Å². The number of hydrogen-bond acceptors (Lipinski definition) is 3. The van der Waals surface area contributed by atoms with E-state index in [1.165, 1.54) is 7.11 Å². The Morgan fingerprint density at radius 1 is 1.45 bits per heavy atom. The third-order valence-electron chi connectivity index (χ3n) is 0.852. The number of hydrogen-bond donors (Lipinski definition) is 2. The van der Waals surface area contributed by atoms with Crippen LogP contribution in [-0.2, 0) is 9.53 Å². The molecule has 0 aliphatic rings. The van der Waals surface area contributed by atoms with Crippen molar-refractivity contribution in [2.45, 2.75) is 26.3 Å². The first kappa shape index (κ1) is 10.4. The fraction of sp³-hybridized carbons (Fsp3) is 0.857. The highest BCUT2D eigenvalue weighted by Crippen LogP contribution is 1.94.